The fraction of sp³-hybridized carbons (Fsp3) is 0.789. The molecular weight excluding hydrogens is 276 g/mol. The lowest BCUT2D eigenvalue weighted by Crippen LogP contribution is -2.54. The van der Waals surface area contributed by atoms with Crippen molar-refractivity contribution in [1.82, 2.24) is 0 Å². The molecule has 1 N–H and O–H groups in total. The van der Waals surface area contributed by atoms with Crippen molar-refractivity contribution >= 4 is 11.6 Å². The quantitative estimate of drug-likeness (QED) is 0.810. The van der Waals surface area contributed by atoms with Gasteiger partial charge in [-0.3, -0.25) is 9.59 Å². The summed E-state index contributed by atoms with van der Waals surface area (Å²) < 4.78 is 0. The highest BCUT2D eigenvalue weighted by Crippen LogP contribution is 2.61. The van der Waals surface area contributed by atoms with Gasteiger partial charge in [-0.25, -0.2) is 0 Å². The lowest BCUT2D eigenvalue weighted by atomic mass is 9.50. The van der Waals surface area contributed by atoms with Gasteiger partial charge < -0.3 is 5.11 Å². The summed E-state index contributed by atoms with van der Waals surface area (Å²) in [6, 6.07) is 0. The molecule has 3 saturated carbocycles. The van der Waals surface area contributed by atoms with Gasteiger partial charge in [0, 0.05) is 18.3 Å². The molecule has 1 unspecified atom stereocenters. The molecule has 120 valence electrons. The second kappa shape index (κ2) is 5.02. The van der Waals surface area contributed by atoms with Crippen LogP contribution in [0.3, 0.4) is 0 Å². The zero-order chi connectivity index (χ0) is 15.5. The molecule has 0 bridgehead atoms. The Labute approximate surface area is 132 Å². The summed E-state index contributed by atoms with van der Waals surface area (Å²) in [5.41, 5.74) is 1.04. The minimum absolute atomic E-state index is 0.244. The van der Waals surface area contributed by atoms with E-state index in [1.54, 1.807) is 0 Å². The molecule has 0 amide bonds. The van der Waals surface area contributed by atoms with Gasteiger partial charge in [0.2, 0.25) is 0 Å². The molecule has 4 aliphatic carbocycles. The van der Waals surface area contributed by atoms with E-state index in [-0.39, 0.29) is 23.2 Å². The molecule has 3 heteroatoms. The summed E-state index contributed by atoms with van der Waals surface area (Å²) in [4.78, 5) is 24.2. The maximum Gasteiger partial charge on any atom is 0.155 e. The summed E-state index contributed by atoms with van der Waals surface area (Å²) in [7, 11) is 0. The van der Waals surface area contributed by atoms with Crippen molar-refractivity contribution in [3.63, 3.8) is 0 Å². The molecule has 0 heterocycles. The number of hydrogen-bond acceptors (Lipinski definition) is 3. The van der Waals surface area contributed by atoms with Gasteiger partial charge in [0.1, 0.15) is 5.78 Å². The van der Waals surface area contributed by atoms with E-state index < -0.39 is 0 Å². The number of fused-ring (bicyclic) bond motifs is 5. The highest BCUT2D eigenvalue weighted by atomic mass is 16.3. The van der Waals surface area contributed by atoms with Crippen LogP contribution in [0, 0.1) is 29.1 Å². The smallest absolute Gasteiger partial charge is 0.155 e. The van der Waals surface area contributed by atoms with Gasteiger partial charge in [0.25, 0.3) is 0 Å². The Hall–Kier alpha value is -0.960. The Bertz CT molecular complexity index is 549. The Morgan fingerprint density at radius 2 is 2.00 bits per heavy atom. The molecule has 4 aliphatic rings. The van der Waals surface area contributed by atoms with E-state index >= 15 is 0 Å². The second-order valence-corrected chi connectivity index (χ2v) is 7.96. The Balaban J connectivity index is 1.70. The van der Waals surface area contributed by atoms with E-state index in [0.717, 1.165) is 32.1 Å². The van der Waals surface area contributed by atoms with E-state index in [0.29, 0.717) is 42.8 Å². The molecule has 0 aliphatic heterocycles. The molecule has 22 heavy (non-hydrogen) atoms. The van der Waals surface area contributed by atoms with Crippen LogP contribution in [0.1, 0.15) is 58.3 Å². The van der Waals surface area contributed by atoms with Crippen LogP contribution < -0.4 is 0 Å². The number of Topliss-reactive ketones (excluding diaryl/α,β-unsaturated/α-hetero) is 1. The van der Waals surface area contributed by atoms with Gasteiger partial charge in [-0.05, 0) is 68.3 Å². The Morgan fingerprint density at radius 3 is 2.77 bits per heavy atom. The van der Waals surface area contributed by atoms with Crippen molar-refractivity contribution in [2.75, 3.05) is 0 Å². The van der Waals surface area contributed by atoms with Crippen molar-refractivity contribution < 1.29 is 14.7 Å². The second-order valence-electron chi connectivity index (χ2n) is 7.96. The number of allylic oxidation sites excluding steroid dienone is 1. The Kier molecular flexibility index (Phi) is 3.34. The lowest BCUT2D eigenvalue weighted by Gasteiger charge is -2.54. The molecule has 4 rings (SSSR count). The third-order valence-corrected chi connectivity index (χ3v) is 7.36. The summed E-state index contributed by atoms with van der Waals surface area (Å²) in [6.45, 7) is 2.12. The highest BCUT2D eigenvalue weighted by Gasteiger charge is 2.60. The third-order valence-electron chi connectivity index (χ3n) is 7.36. The fourth-order valence-corrected chi connectivity index (χ4v) is 6.43. The van der Waals surface area contributed by atoms with E-state index in [1.807, 2.05) is 6.08 Å². The van der Waals surface area contributed by atoms with E-state index in [1.165, 1.54) is 5.57 Å². The third kappa shape index (κ3) is 1.84. The van der Waals surface area contributed by atoms with Gasteiger partial charge in [0.15, 0.2) is 5.78 Å². The summed E-state index contributed by atoms with van der Waals surface area (Å²) in [5.74, 6) is 2.27. The minimum Gasteiger partial charge on any atom is -0.393 e. The first-order valence-electron chi connectivity index (χ1n) is 9.01. The maximum atomic E-state index is 12.5. The summed E-state index contributed by atoms with van der Waals surface area (Å²) in [6.07, 6.45) is 8.34. The molecular formula is C19H26O3. The maximum absolute atomic E-state index is 12.5. The zero-order valence-corrected chi connectivity index (χ0v) is 13.4. The largest absolute Gasteiger partial charge is 0.393 e. The standard InChI is InChI=1S/C19H26O3/c1-2-19-10-16(21)18-13-6-4-12(20)9-11(13)3-5-14(18)15(19)7-8-17(19)22/h9,13-16,18,21H,2-8,10H2,1H3/t13?,14-,15-,16-,18+,19-/m0/s1. The molecule has 0 saturated heterocycles. The first-order chi connectivity index (χ1) is 10.6. The first kappa shape index (κ1) is 14.6. The molecule has 6 atom stereocenters. The first-order valence-corrected chi connectivity index (χ1v) is 9.01. The molecule has 0 aromatic carbocycles. The zero-order valence-electron chi connectivity index (χ0n) is 13.4. The molecule has 0 aromatic heterocycles. The van der Waals surface area contributed by atoms with Crippen LogP contribution in [0.4, 0.5) is 0 Å². The SMILES string of the molecule is CC[C@]12C[C@H](O)[C@@H]3C4CCC(=O)C=C4CC[C@H]3[C@@H]1CCC2=O. The molecule has 3 nitrogen and oxygen atoms in total. The minimum atomic E-state index is -0.370. The number of aliphatic hydroxyl groups is 1. The van der Waals surface area contributed by atoms with Crippen molar-refractivity contribution in [3.8, 4) is 0 Å². The normalized spacial score (nSPS) is 47.5. The topological polar surface area (TPSA) is 54.4 Å². The van der Waals surface area contributed by atoms with Crippen LogP contribution in [-0.2, 0) is 9.59 Å². The predicted octanol–water partition coefficient (Wildman–Crippen LogP) is 3.06. The predicted molar refractivity (Wildman–Crippen MR) is 83.1 cm³/mol. The summed E-state index contributed by atoms with van der Waals surface area (Å²) >= 11 is 0. The number of carbonyl (C=O) groups is 2. The van der Waals surface area contributed by atoms with E-state index in [2.05, 4.69) is 6.92 Å². The average molecular weight is 302 g/mol. The monoisotopic (exact) mass is 302 g/mol. The van der Waals surface area contributed by atoms with Crippen molar-refractivity contribution in [2.45, 2.75) is 64.4 Å². The van der Waals surface area contributed by atoms with Crippen LogP contribution in [0.2, 0.25) is 0 Å². The number of carbonyl (C=O) groups excluding carboxylic acids is 2. The molecule has 3 fully saturated rings. The van der Waals surface area contributed by atoms with Gasteiger partial charge in [-0.1, -0.05) is 12.5 Å². The average Bonchev–Trinajstić information content (AvgIpc) is 2.84. The van der Waals surface area contributed by atoms with E-state index in [4.69, 9.17) is 0 Å². The van der Waals surface area contributed by atoms with Gasteiger partial charge in [-0.2, -0.15) is 0 Å². The number of ketones is 2. The highest BCUT2D eigenvalue weighted by molar-refractivity contribution is 5.91. The van der Waals surface area contributed by atoms with Gasteiger partial charge in [-0.15, -0.1) is 0 Å². The van der Waals surface area contributed by atoms with Crippen LogP contribution in [0.15, 0.2) is 11.6 Å². The van der Waals surface area contributed by atoms with Crippen LogP contribution >= 0.6 is 0 Å². The Morgan fingerprint density at radius 1 is 1.18 bits per heavy atom. The summed E-state index contributed by atoms with van der Waals surface area (Å²) in [5, 5.41) is 10.9. The fourth-order valence-electron chi connectivity index (χ4n) is 6.43. The lowest BCUT2D eigenvalue weighted by molar-refractivity contribution is -0.143. The van der Waals surface area contributed by atoms with Crippen molar-refractivity contribution in [2.24, 2.45) is 29.1 Å². The van der Waals surface area contributed by atoms with Crippen LogP contribution in [0.5, 0.6) is 0 Å². The molecule has 0 spiro atoms. The molecule has 0 aromatic rings. The van der Waals surface area contributed by atoms with Crippen molar-refractivity contribution in [3.05, 3.63) is 11.6 Å². The van der Waals surface area contributed by atoms with E-state index in [9.17, 15) is 14.7 Å². The molecule has 0 radical (unpaired) electrons. The van der Waals surface area contributed by atoms with Gasteiger partial charge >= 0.3 is 0 Å². The van der Waals surface area contributed by atoms with Crippen LogP contribution in [-0.4, -0.2) is 22.8 Å². The number of hydrogen-bond donors (Lipinski definition) is 1. The number of rotatable bonds is 1. The van der Waals surface area contributed by atoms with Crippen molar-refractivity contribution in [1.29, 1.82) is 0 Å². The number of aliphatic hydroxyl groups excluding tert-OH is 1. The van der Waals surface area contributed by atoms with Gasteiger partial charge in [0.05, 0.1) is 6.10 Å². The van der Waals surface area contributed by atoms with Crippen LogP contribution in [0.25, 0.3) is 0 Å².